The molecule has 396 valence electrons. The van der Waals surface area contributed by atoms with Crippen LogP contribution in [0.25, 0.3) is 0 Å². The minimum absolute atomic E-state index is 0. The summed E-state index contributed by atoms with van der Waals surface area (Å²) in [5.74, 6) is 0. The molecule has 2 aliphatic carbocycles. The number of nitrogens with two attached hydrogens (primary N) is 1. The average Bonchev–Trinajstić information content (AvgIpc) is 3.50. The fourth-order valence-electron chi connectivity index (χ4n) is 4.52. The fraction of sp³-hybridized carbons (Fsp3) is 1.00. The predicted octanol–water partition coefficient (Wildman–Crippen LogP) is 8.94. The molecule has 0 bridgehead atoms. The van der Waals surface area contributed by atoms with Gasteiger partial charge in [-0.1, -0.05) is 20.3 Å². The van der Waals surface area contributed by atoms with Gasteiger partial charge in [0.15, 0.2) is 6.66 Å². The fourth-order valence-corrected chi connectivity index (χ4v) is 11.5. The van der Waals surface area contributed by atoms with Gasteiger partial charge in [0.05, 0.1) is 57.5 Å². The van der Waals surface area contributed by atoms with Gasteiger partial charge in [-0.25, -0.2) is 9.65 Å². The molecule has 3 aliphatic rings. The summed E-state index contributed by atoms with van der Waals surface area (Å²) in [6.45, 7) is 10.6. The third-order valence-corrected chi connectivity index (χ3v) is 14.4. The molecule has 1 heterocycles. The van der Waals surface area contributed by atoms with E-state index in [4.69, 9.17) is 74.1 Å². The van der Waals surface area contributed by atoms with Crippen LogP contribution in [0, 0.1) is 0 Å². The first-order valence-electron chi connectivity index (χ1n) is 19.8. The Morgan fingerprint density at radius 3 is 1.48 bits per heavy atom. The second kappa shape index (κ2) is 45.1. The maximum absolute atomic E-state index is 12.5. The van der Waals surface area contributed by atoms with Gasteiger partial charge >= 0.3 is 60.4 Å². The third kappa shape index (κ3) is 53.0. The molecule has 12 unspecified atom stereocenters. The number of methoxy groups -OCH3 is 3. The molecule has 0 aromatic carbocycles. The van der Waals surface area contributed by atoms with Crippen LogP contribution in [0.1, 0.15) is 87.5 Å². The van der Waals surface area contributed by atoms with Gasteiger partial charge in [-0.15, -0.1) is 13.6 Å². The van der Waals surface area contributed by atoms with Crippen molar-refractivity contribution in [1.82, 2.24) is 5.09 Å². The molecule has 66 heavy (non-hydrogen) atoms. The first-order chi connectivity index (χ1) is 29.0. The van der Waals surface area contributed by atoms with Crippen LogP contribution in [-0.2, 0) is 82.3 Å². The second-order valence-electron chi connectivity index (χ2n) is 14.7. The molecule has 21 nitrogen and oxygen atoms in total. The molecule has 0 aromatic rings. The van der Waals surface area contributed by atoms with Crippen molar-refractivity contribution >= 4 is 89.3 Å². The zero-order valence-corrected chi connectivity index (χ0v) is 50.6. The smallest absolute Gasteiger partial charge is 0.870 e. The van der Waals surface area contributed by atoms with Crippen LogP contribution in [0.3, 0.4) is 0 Å². The van der Waals surface area contributed by atoms with E-state index in [9.17, 15) is 27.4 Å². The van der Waals surface area contributed by atoms with Crippen molar-refractivity contribution in [3.05, 3.63) is 0 Å². The number of nitrogens with one attached hydrogen (secondary N) is 1. The van der Waals surface area contributed by atoms with Crippen molar-refractivity contribution in [2.75, 3.05) is 87.6 Å². The molecular weight excluding hydrogens is 1090 g/mol. The van der Waals surface area contributed by atoms with E-state index in [2.05, 4.69) is 35.8 Å². The second-order valence-corrected chi connectivity index (χ2v) is 27.0. The van der Waals surface area contributed by atoms with Crippen molar-refractivity contribution in [2.24, 2.45) is 5.73 Å². The van der Waals surface area contributed by atoms with E-state index in [1.807, 2.05) is 13.8 Å². The molecule has 4 N–H and O–H groups in total. The van der Waals surface area contributed by atoms with Crippen molar-refractivity contribution in [1.29, 1.82) is 0 Å². The van der Waals surface area contributed by atoms with Crippen LogP contribution < -0.4 is 40.4 Å². The van der Waals surface area contributed by atoms with Crippen LogP contribution in [0.5, 0.6) is 0 Å². The summed E-state index contributed by atoms with van der Waals surface area (Å²) >= 11 is 11.1. The molecule has 0 aromatic heterocycles. The molecule has 2 saturated carbocycles. The Labute approximate surface area is 438 Å². The standard InChI is InChI=1S/C16H35ClNO9P3.C5H12ClO3P.C5H12O3P.C4H9N.C3H6O3P.CH4.Cl2.Na.H2O/c1-13(10-22-4)27-30(17,21)24-12-15(3)26-29(6,20)23-11-14(2)25-28(5,19)18-16-8-7-9-16;1-5(4-8-2)9-10(3,6)7;1-5(4-7-2)8-9(3)6;5-4-2-1-3-4;1-3-2-5-7(4)6-3;;1-2;;/h13-16H,7-12H2,1-6H3,(H,18,19);5H,4H2,1-3H3;5H,4H2,1-3H3;4H,1-3,5H2;3H,2H2,1H3;1H4;;;1H2/q;;+1;;+1;;;+1;/p-1. The summed E-state index contributed by atoms with van der Waals surface area (Å²) in [6.07, 6.45) is 4.90. The Morgan fingerprint density at radius 1 is 0.742 bits per heavy atom. The summed E-state index contributed by atoms with van der Waals surface area (Å²) in [5.41, 5.74) is 5.38. The van der Waals surface area contributed by atoms with E-state index in [1.54, 1.807) is 41.9 Å². The Hall–Kier alpha value is 2.68. The van der Waals surface area contributed by atoms with Crippen LogP contribution in [-0.4, -0.2) is 142 Å². The van der Waals surface area contributed by atoms with Gasteiger partial charge in [-0.3, -0.25) is 22.7 Å². The van der Waals surface area contributed by atoms with E-state index in [1.165, 1.54) is 53.0 Å². The number of hydrogen-bond donors (Lipinski definition) is 2. The number of rotatable bonds is 24. The van der Waals surface area contributed by atoms with E-state index in [0.717, 1.165) is 19.3 Å². The van der Waals surface area contributed by atoms with Crippen LogP contribution in [0.4, 0.5) is 0 Å². The summed E-state index contributed by atoms with van der Waals surface area (Å²) < 4.78 is 128. The molecular formula is C34H79Cl4N2NaO19P6+2. The third-order valence-electron chi connectivity index (χ3n) is 7.32. The van der Waals surface area contributed by atoms with Crippen molar-refractivity contribution in [3.8, 4) is 0 Å². The average molecular weight is 1170 g/mol. The maximum Gasteiger partial charge on any atom is 1.00 e. The molecule has 0 radical (unpaired) electrons. The Kier molecular flexibility index (Phi) is 54.7. The predicted molar refractivity (Wildman–Crippen MR) is 261 cm³/mol. The number of hydrogen-bond acceptors (Lipinski definition) is 20. The number of ether oxygens (including phenoxy) is 3. The summed E-state index contributed by atoms with van der Waals surface area (Å²) in [4.78, 5) is 0. The van der Waals surface area contributed by atoms with E-state index in [0.29, 0.717) is 25.9 Å². The monoisotopic (exact) mass is 1170 g/mol. The molecule has 32 heteroatoms. The van der Waals surface area contributed by atoms with Crippen LogP contribution >= 0.6 is 89.3 Å². The van der Waals surface area contributed by atoms with E-state index < -0.39 is 63.4 Å². The van der Waals surface area contributed by atoms with Crippen molar-refractivity contribution in [3.63, 3.8) is 0 Å². The normalized spacial score (nSPS) is 22.0. The minimum Gasteiger partial charge on any atom is -0.870 e. The van der Waals surface area contributed by atoms with Crippen LogP contribution in [0.2, 0.25) is 0 Å². The Balaban J connectivity index is -0.000000203. The van der Waals surface area contributed by atoms with Gasteiger partial charge in [0.25, 0.3) is 14.2 Å². The van der Waals surface area contributed by atoms with Gasteiger partial charge in [-0.2, -0.15) is 0 Å². The topological polar surface area (TPSA) is 281 Å². The van der Waals surface area contributed by atoms with Gasteiger partial charge in [0.1, 0.15) is 18.8 Å². The van der Waals surface area contributed by atoms with E-state index in [-0.39, 0.29) is 86.6 Å². The van der Waals surface area contributed by atoms with E-state index >= 15 is 0 Å². The van der Waals surface area contributed by atoms with Gasteiger partial charge in [-0.05, 0) is 83.0 Å². The summed E-state index contributed by atoms with van der Waals surface area (Å²) in [5, 5.41) is 3.01. The molecule has 0 spiro atoms. The Morgan fingerprint density at radius 2 is 1.15 bits per heavy atom. The van der Waals surface area contributed by atoms with Crippen molar-refractivity contribution in [2.45, 2.75) is 136 Å². The van der Waals surface area contributed by atoms with Crippen molar-refractivity contribution < 1.29 is 117 Å². The first-order valence-corrected chi connectivity index (χ1v) is 33.1. The molecule has 3 fully saturated rings. The SMILES string of the molecule is C.CC1CO[P+](=O)O1.COCC(C)OP(=O)(Cl)OCC(C)OP(C)(=O)OCC(C)OP(C)(=O)NC1CCC1.COCC(C)OP(C)(=O)Cl.COCC(C)O[P+](C)=O.ClCl.NC1CCC1.[Na+].[OH-]. The minimum atomic E-state index is -3.84. The molecule has 12 atom stereocenters. The zero-order valence-electron chi connectivity index (χ0n) is 40.2. The van der Waals surface area contributed by atoms with Crippen LogP contribution in [0.15, 0.2) is 0 Å². The molecule has 1 aliphatic heterocycles. The summed E-state index contributed by atoms with van der Waals surface area (Å²) in [7, 11) is 3.15. The van der Waals surface area contributed by atoms with Gasteiger partial charge in [0, 0.05) is 90.9 Å². The van der Waals surface area contributed by atoms with Gasteiger partial charge < -0.3 is 43.5 Å². The Bertz CT molecular complexity index is 1420. The molecule has 1 saturated heterocycles. The first kappa shape index (κ1) is 80.1. The number of halogens is 4. The zero-order chi connectivity index (χ0) is 49.5. The quantitative estimate of drug-likeness (QED) is 0.0673. The van der Waals surface area contributed by atoms with Gasteiger partial charge in [0.2, 0.25) is 0 Å². The largest absolute Gasteiger partial charge is 1.00 e. The maximum atomic E-state index is 12.5. The summed E-state index contributed by atoms with van der Waals surface area (Å²) in [6, 6.07) is 0.782. The molecule has 0 amide bonds. The molecule has 3 rings (SSSR count).